The first kappa shape index (κ1) is 16.9. The average Bonchev–Trinajstić information content (AvgIpc) is 2.52. The van der Waals surface area contributed by atoms with Crippen molar-refractivity contribution in [2.75, 3.05) is 18.4 Å². The van der Waals surface area contributed by atoms with E-state index in [1.165, 1.54) is 18.2 Å². The number of anilines is 1. The van der Waals surface area contributed by atoms with Gasteiger partial charge in [0, 0.05) is 28.8 Å². The first-order valence-electron chi connectivity index (χ1n) is 7.11. The number of benzene rings is 2. The van der Waals surface area contributed by atoms with Gasteiger partial charge in [0.25, 0.3) is 0 Å². The topological polar surface area (TPSA) is 47.3 Å². The minimum atomic E-state index is -4.51. The highest BCUT2D eigenvalue weighted by Gasteiger charge is 2.31. The molecule has 3 nitrogen and oxygen atoms in total. The highest BCUT2D eigenvalue weighted by molar-refractivity contribution is 6.33. The van der Waals surface area contributed by atoms with Crippen LogP contribution in [0.15, 0.2) is 30.3 Å². The van der Waals surface area contributed by atoms with Crippen molar-refractivity contribution in [1.29, 1.82) is 0 Å². The molecule has 0 aliphatic carbocycles. The maximum Gasteiger partial charge on any atom is 0.416 e. The molecular formula is C16H13ClF4N2O. The predicted molar refractivity (Wildman–Crippen MR) is 83.8 cm³/mol. The van der Waals surface area contributed by atoms with Crippen molar-refractivity contribution in [3.05, 3.63) is 46.7 Å². The fraction of sp³-hybridized carbons (Fsp3) is 0.250. The summed E-state index contributed by atoms with van der Waals surface area (Å²) in [5.41, 5.74) is 5.64. The molecule has 0 amide bonds. The van der Waals surface area contributed by atoms with Crippen molar-refractivity contribution in [3.63, 3.8) is 0 Å². The molecule has 1 unspecified atom stereocenters. The van der Waals surface area contributed by atoms with Gasteiger partial charge >= 0.3 is 6.18 Å². The quantitative estimate of drug-likeness (QED) is 0.785. The molecule has 0 saturated carbocycles. The van der Waals surface area contributed by atoms with Crippen LogP contribution in [0.4, 0.5) is 23.2 Å². The Kier molecular flexibility index (Phi) is 4.31. The maximum atomic E-state index is 13.9. The SMILES string of the molecule is NCC1CNc2cc(F)cc(-c3ccc(C(F)(F)F)cc3Cl)c2O1. The molecule has 0 spiro atoms. The molecule has 1 aliphatic rings. The highest BCUT2D eigenvalue weighted by atomic mass is 35.5. The van der Waals surface area contributed by atoms with Gasteiger partial charge in [-0.2, -0.15) is 13.2 Å². The van der Waals surface area contributed by atoms with E-state index in [9.17, 15) is 17.6 Å². The Balaban J connectivity index is 2.12. The first-order chi connectivity index (χ1) is 11.3. The molecule has 2 aromatic rings. The summed E-state index contributed by atoms with van der Waals surface area (Å²) >= 11 is 6.01. The van der Waals surface area contributed by atoms with Crippen LogP contribution in [0.5, 0.6) is 5.75 Å². The Labute approximate surface area is 140 Å². The lowest BCUT2D eigenvalue weighted by Gasteiger charge is -2.28. The Morgan fingerprint density at radius 3 is 2.58 bits per heavy atom. The van der Waals surface area contributed by atoms with Gasteiger partial charge in [-0.25, -0.2) is 4.39 Å². The van der Waals surface area contributed by atoms with E-state index in [-0.39, 0.29) is 28.8 Å². The molecule has 8 heteroatoms. The maximum absolute atomic E-state index is 13.9. The van der Waals surface area contributed by atoms with Crippen LogP contribution in [0.2, 0.25) is 5.02 Å². The zero-order valence-corrected chi connectivity index (χ0v) is 13.0. The second kappa shape index (κ2) is 6.14. The van der Waals surface area contributed by atoms with Gasteiger partial charge in [0.15, 0.2) is 5.75 Å². The molecule has 0 saturated heterocycles. The summed E-state index contributed by atoms with van der Waals surface area (Å²) in [6.45, 7) is 0.650. The molecule has 1 aliphatic heterocycles. The summed E-state index contributed by atoms with van der Waals surface area (Å²) in [5.74, 6) is -0.234. The Hall–Kier alpha value is -1.99. The molecule has 0 fully saturated rings. The van der Waals surface area contributed by atoms with Crippen LogP contribution in [0.3, 0.4) is 0 Å². The summed E-state index contributed by atoms with van der Waals surface area (Å²) in [6.07, 6.45) is -4.83. The van der Waals surface area contributed by atoms with E-state index in [1.54, 1.807) is 0 Å². The van der Waals surface area contributed by atoms with Crippen LogP contribution in [0.1, 0.15) is 5.56 Å². The summed E-state index contributed by atoms with van der Waals surface area (Å²) in [7, 11) is 0. The van der Waals surface area contributed by atoms with Crippen LogP contribution >= 0.6 is 11.6 Å². The number of halogens is 5. The number of ether oxygens (including phenoxy) is 1. The third kappa shape index (κ3) is 3.14. The van der Waals surface area contributed by atoms with E-state index in [2.05, 4.69) is 5.32 Å². The third-order valence-electron chi connectivity index (χ3n) is 3.71. The van der Waals surface area contributed by atoms with Crippen LogP contribution in [0.25, 0.3) is 11.1 Å². The number of alkyl halides is 3. The number of hydrogen-bond acceptors (Lipinski definition) is 3. The van der Waals surface area contributed by atoms with E-state index in [4.69, 9.17) is 22.1 Å². The second-order valence-electron chi connectivity index (χ2n) is 5.38. The highest BCUT2D eigenvalue weighted by Crippen LogP contribution is 2.43. The standard InChI is InChI=1S/C16H13ClF4N2O/c17-13-3-8(16(19,20)21)1-2-11(13)12-4-9(18)5-14-15(12)24-10(6-22)7-23-14/h1-5,10,23H,6-7,22H2. The Morgan fingerprint density at radius 2 is 1.96 bits per heavy atom. The van der Waals surface area contributed by atoms with Gasteiger partial charge in [-0.1, -0.05) is 17.7 Å². The summed E-state index contributed by atoms with van der Waals surface area (Å²) in [6, 6.07) is 5.34. The largest absolute Gasteiger partial charge is 0.484 e. The molecular weight excluding hydrogens is 348 g/mol. The summed E-state index contributed by atoms with van der Waals surface area (Å²) < 4.78 is 57.9. The van der Waals surface area contributed by atoms with Crippen molar-refractivity contribution < 1.29 is 22.3 Å². The number of nitrogens with two attached hydrogens (primary N) is 1. The lowest BCUT2D eigenvalue weighted by molar-refractivity contribution is -0.137. The molecule has 128 valence electrons. The van der Waals surface area contributed by atoms with Gasteiger partial charge in [0.1, 0.15) is 11.9 Å². The zero-order chi connectivity index (χ0) is 17.5. The Morgan fingerprint density at radius 1 is 1.21 bits per heavy atom. The van der Waals surface area contributed by atoms with Crippen molar-refractivity contribution in [2.45, 2.75) is 12.3 Å². The van der Waals surface area contributed by atoms with E-state index < -0.39 is 17.6 Å². The van der Waals surface area contributed by atoms with Gasteiger partial charge < -0.3 is 15.8 Å². The number of hydrogen-bond donors (Lipinski definition) is 2. The fourth-order valence-electron chi connectivity index (χ4n) is 2.53. The van der Waals surface area contributed by atoms with Gasteiger partial charge in [-0.15, -0.1) is 0 Å². The molecule has 0 aromatic heterocycles. The predicted octanol–water partition coefficient (Wildman–Crippen LogP) is 4.30. The molecule has 1 atom stereocenters. The van der Waals surface area contributed by atoms with Crippen LogP contribution in [-0.2, 0) is 6.18 Å². The smallest absolute Gasteiger partial charge is 0.416 e. The molecule has 3 rings (SSSR count). The third-order valence-corrected chi connectivity index (χ3v) is 4.02. The molecule has 0 bridgehead atoms. The van der Waals surface area contributed by atoms with E-state index >= 15 is 0 Å². The van der Waals surface area contributed by atoms with Crippen molar-refractivity contribution in [1.82, 2.24) is 0 Å². The van der Waals surface area contributed by atoms with Gasteiger partial charge in [-0.05, 0) is 18.2 Å². The van der Waals surface area contributed by atoms with E-state index in [1.807, 2.05) is 0 Å². The molecule has 2 aromatic carbocycles. The fourth-order valence-corrected chi connectivity index (χ4v) is 2.81. The zero-order valence-electron chi connectivity index (χ0n) is 12.3. The van der Waals surface area contributed by atoms with E-state index in [0.29, 0.717) is 18.0 Å². The van der Waals surface area contributed by atoms with Crippen LogP contribution in [0, 0.1) is 5.82 Å². The van der Waals surface area contributed by atoms with Gasteiger partial charge in [0.05, 0.1) is 17.8 Å². The lowest BCUT2D eigenvalue weighted by atomic mass is 10.0. The first-order valence-corrected chi connectivity index (χ1v) is 7.48. The second-order valence-corrected chi connectivity index (χ2v) is 5.79. The average molecular weight is 361 g/mol. The minimum Gasteiger partial charge on any atom is -0.484 e. The van der Waals surface area contributed by atoms with Crippen LogP contribution < -0.4 is 15.8 Å². The lowest BCUT2D eigenvalue weighted by Crippen LogP contribution is -2.37. The Bertz CT molecular complexity index is 779. The van der Waals surface area contributed by atoms with Crippen LogP contribution in [-0.4, -0.2) is 19.2 Å². The van der Waals surface area contributed by atoms with E-state index in [0.717, 1.165) is 12.1 Å². The number of rotatable bonds is 2. The number of fused-ring (bicyclic) bond motifs is 1. The van der Waals surface area contributed by atoms with Gasteiger partial charge in [0.2, 0.25) is 0 Å². The summed E-state index contributed by atoms with van der Waals surface area (Å²) in [5, 5.41) is 2.86. The molecule has 0 radical (unpaired) electrons. The van der Waals surface area contributed by atoms with Gasteiger partial charge in [-0.3, -0.25) is 0 Å². The monoisotopic (exact) mass is 360 g/mol. The molecule has 24 heavy (non-hydrogen) atoms. The summed E-state index contributed by atoms with van der Waals surface area (Å²) in [4.78, 5) is 0. The number of nitrogens with one attached hydrogen (secondary N) is 1. The van der Waals surface area contributed by atoms with Crippen molar-refractivity contribution in [3.8, 4) is 16.9 Å². The molecule has 1 heterocycles. The van der Waals surface area contributed by atoms with Crippen molar-refractivity contribution >= 4 is 17.3 Å². The van der Waals surface area contributed by atoms with Crippen molar-refractivity contribution in [2.24, 2.45) is 5.73 Å². The normalized spacial score (nSPS) is 17.0. The minimum absolute atomic E-state index is 0.143. The molecule has 3 N–H and O–H groups in total.